The van der Waals surface area contributed by atoms with Gasteiger partial charge in [0.1, 0.15) is 18.1 Å². The van der Waals surface area contributed by atoms with Crippen LogP contribution in [0.5, 0.6) is 11.5 Å². The van der Waals surface area contributed by atoms with Crippen LogP contribution in [0.3, 0.4) is 0 Å². The summed E-state index contributed by atoms with van der Waals surface area (Å²) in [5.41, 5.74) is 1.02. The minimum Gasteiger partial charge on any atom is -0.492 e. The van der Waals surface area contributed by atoms with Crippen molar-refractivity contribution in [2.24, 2.45) is 0 Å². The Kier molecular flexibility index (Phi) is 6.16. The molecule has 0 unspecified atom stereocenters. The van der Waals surface area contributed by atoms with Gasteiger partial charge in [0.2, 0.25) is 10.0 Å². The minimum absolute atomic E-state index is 0.205. The lowest BCUT2D eigenvalue weighted by Gasteiger charge is -2.13. The molecule has 1 N–H and O–H groups in total. The highest BCUT2D eigenvalue weighted by Crippen LogP contribution is 2.25. The van der Waals surface area contributed by atoms with Gasteiger partial charge in [0, 0.05) is 6.54 Å². The second-order valence-electron chi connectivity index (χ2n) is 6.51. The van der Waals surface area contributed by atoms with Crippen LogP contribution >= 0.6 is 0 Å². The minimum atomic E-state index is -3.55. The molecule has 140 valence electrons. The Morgan fingerprint density at radius 2 is 1.73 bits per heavy atom. The lowest BCUT2D eigenvalue weighted by Crippen LogP contribution is -2.28. The fourth-order valence-corrected chi connectivity index (χ4v) is 4.05. The maximum Gasteiger partial charge on any atom is 0.240 e. The van der Waals surface area contributed by atoms with E-state index in [1.165, 1.54) is 12.8 Å². The highest BCUT2D eigenvalue weighted by atomic mass is 32.2. The van der Waals surface area contributed by atoms with Crippen LogP contribution in [0.2, 0.25) is 0 Å². The first-order valence-electron chi connectivity index (χ1n) is 8.99. The number of hydrogen-bond donors (Lipinski definition) is 1. The van der Waals surface area contributed by atoms with Crippen LogP contribution < -0.4 is 14.2 Å². The van der Waals surface area contributed by atoms with Crippen molar-refractivity contribution < 1.29 is 17.9 Å². The third kappa shape index (κ3) is 4.99. The number of nitrogens with one attached hydrogen (secondary N) is 1. The molecule has 0 aromatic heterocycles. The highest BCUT2D eigenvalue weighted by Gasteiger charge is 2.17. The van der Waals surface area contributed by atoms with E-state index < -0.39 is 10.0 Å². The van der Waals surface area contributed by atoms with Crippen molar-refractivity contribution in [3.8, 4) is 11.5 Å². The second-order valence-corrected chi connectivity index (χ2v) is 8.27. The number of hydrogen-bond acceptors (Lipinski definition) is 4. The lowest BCUT2D eigenvalue weighted by molar-refractivity contribution is 0.210. The molecule has 0 aliphatic heterocycles. The zero-order valence-electron chi connectivity index (χ0n) is 15.0. The van der Waals surface area contributed by atoms with Gasteiger partial charge in [-0.25, -0.2) is 13.1 Å². The lowest BCUT2D eigenvalue weighted by atomic mass is 10.2. The Balaban J connectivity index is 1.50. The molecule has 26 heavy (non-hydrogen) atoms. The Labute approximate surface area is 155 Å². The van der Waals surface area contributed by atoms with E-state index >= 15 is 0 Å². The zero-order valence-corrected chi connectivity index (χ0v) is 15.8. The first-order chi connectivity index (χ1) is 12.5. The van der Waals surface area contributed by atoms with E-state index in [4.69, 9.17) is 9.47 Å². The highest BCUT2D eigenvalue weighted by molar-refractivity contribution is 7.89. The molecule has 0 radical (unpaired) electrons. The van der Waals surface area contributed by atoms with Gasteiger partial charge in [0.25, 0.3) is 0 Å². The SMILES string of the molecule is Cc1ccccc1OCCNS(=O)(=O)c1ccc(OC2CCCC2)cc1. The topological polar surface area (TPSA) is 64.6 Å². The average Bonchev–Trinajstić information content (AvgIpc) is 3.14. The third-order valence-corrected chi connectivity index (χ3v) is 5.96. The molecule has 1 saturated carbocycles. The number of benzene rings is 2. The Bertz CT molecular complexity index is 812. The molecule has 5 nitrogen and oxygen atoms in total. The summed E-state index contributed by atoms with van der Waals surface area (Å²) in [5.74, 6) is 1.49. The van der Waals surface area contributed by atoms with E-state index in [-0.39, 0.29) is 24.2 Å². The predicted molar refractivity (Wildman–Crippen MR) is 101 cm³/mol. The Morgan fingerprint density at radius 3 is 2.42 bits per heavy atom. The van der Waals surface area contributed by atoms with Crippen LogP contribution in [0.4, 0.5) is 0 Å². The largest absolute Gasteiger partial charge is 0.492 e. The van der Waals surface area contributed by atoms with Crippen molar-refractivity contribution in [3.63, 3.8) is 0 Å². The maximum atomic E-state index is 12.4. The molecule has 1 aliphatic carbocycles. The molecular formula is C20H25NO4S. The van der Waals surface area contributed by atoms with Crippen molar-refractivity contribution >= 4 is 10.0 Å². The Hall–Kier alpha value is -2.05. The second kappa shape index (κ2) is 8.56. The van der Waals surface area contributed by atoms with Gasteiger partial charge in [-0.3, -0.25) is 0 Å². The van der Waals surface area contributed by atoms with Crippen LogP contribution in [0.15, 0.2) is 53.4 Å². The third-order valence-electron chi connectivity index (χ3n) is 4.48. The molecule has 0 amide bonds. The fourth-order valence-electron chi connectivity index (χ4n) is 3.03. The summed E-state index contributed by atoms with van der Waals surface area (Å²) in [6.07, 6.45) is 4.80. The summed E-state index contributed by atoms with van der Waals surface area (Å²) in [4.78, 5) is 0.229. The van der Waals surface area contributed by atoms with Gasteiger partial charge < -0.3 is 9.47 Å². The molecule has 3 rings (SSSR count). The van der Waals surface area contributed by atoms with Crippen LogP contribution in [0.1, 0.15) is 31.2 Å². The summed E-state index contributed by atoms with van der Waals surface area (Å²) in [6, 6.07) is 14.2. The first kappa shape index (κ1) is 18.7. The van der Waals surface area contributed by atoms with Crippen LogP contribution in [-0.4, -0.2) is 27.7 Å². The predicted octanol–water partition coefficient (Wildman–Crippen LogP) is 3.67. The molecule has 0 saturated heterocycles. The van der Waals surface area contributed by atoms with Crippen LogP contribution in [0, 0.1) is 6.92 Å². The standard InChI is InChI=1S/C20H25NO4S/c1-16-6-2-5-9-20(16)24-15-14-21-26(22,23)19-12-10-18(11-13-19)25-17-7-3-4-8-17/h2,5-6,9-13,17,21H,3-4,7-8,14-15H2,1H3. The van der Waals surface area contributed by atoms with E-state index in [2.05, 4.69) is 4.72 Å². The average molecular weight is 375 g/mol. The van der Waals surface area contributed by atoms with Crippen molar-refractivity contribution in [1.29, 1.82) is 0 Å². The molecule has 1 fully saturated rings. The molecule has 0 atom stereocenters. The number of aryl methyl sites for hydroxylation is 1. The van der Waals surface area contributed by atoms with Crippen molar-refractivity contribution in [1.82, 2.24) is 4.72 Å². The first-order valence-corrected chi connectivity index (χ1v) is 10.5. The fraction of sp³-hybridized carbons (Fsp3) is 0.400. The van der Waals surface area contributed by atoms with Crippen LogP contribution in [0.25, 0.3) is 0 Å². The van der Waals surface area contributed by atoms with E-state index in [1.807, 2.05) is 31.2 Å². The van der Waals surface area contributed by atoms with E-state index in [0.29, 0.717) is 0 Å². The Morgan fingerprint density at radius 1 is 1.04 bits per heavy atom. The van der Waals surface area contributed by atoms with Crippen molar-refractivity contribution in [2.45, 2.75) is 43.6 Å². The van der Waals surface area contributed by atoms with Crippen LogP contribution in [-0.2, 0) is 10.0 Å². The summed E-state index contributed by atoms with van der Waals surface area (Å²) in [6.45, 7) is 2.43. The molecule has 2 aromatic carbocycles. The van der Waals surface area contributed by atoms with Crippen molar-refractivity contribution in [2.75, 3.05) is 13.2 Å². The summed E-state index contributed by atoms with van der Waals surface area (Å²) in [7, 11) is -3.55. The molecule has 1 aliphatic rings. The van der Waals surface area contributed by atoms with E-state index in [0.717, 1.165) is 29.9 Å². The quantitative estimate of drug-likeness (QED) is 0.715. The summed E-state index contributed by atoms with van der Waals surface area (Å²) >= 11 is 0. The molecule has 6 heteroatoms. The molecule has 0 bridgehead atoms. The molecule has 2 aromatic rings. The van der Waals surface area contributed by atoms with E-state index in [9.17, 15) is 8.42 Å². The number of rotatable bonds is 8. The normalized spacial score (nSPS) is 15.1. The van der Waals surface area contributed by atoms with Gasteiger partial charge in [0.15, 0.2) is 0 Å². The monoisotopic (exact) mass is 375 g/mol. The molecule has 0 spiro atoms. The van der Waals surface area contributed by atoms with Gasteiger partial charge in [0.05, 0.1) is 11.0 Å². The van der Waals surface area contributed by atoms with Gasteiger partial charge in [-0.2, -0.15) is 0 Å². The van der Waals surface area contributed by atoms with Gasteiger partial charge in [-0.15, -0.1) is 0 Å². The molecular weight excluding hydrogens is 350 g/mol. The smallest absolute Gasteiger partial charge is 0.240 e. The zero-order chi connectivity index (χ0) is 18.4. The number of ether oxygens (including phenoxy) is 2. The molecule has 0 heterocycles. The van der Waals surface area contributed by atoms with Gasteiger partial charge in [-0.1, -0.05) is 18.2 Å². The number of sulfonamides is 1. The maximum absolute atomic E-state index is 12.4. The van der Waals surface area contributed by atoms with Gasteiger partial charge >= 0.3 is 0 Å². The van der Waals surface area contributed by atoms with E-state index in [1.54, 1.807) is 24.3 Å². The van der Waals surface area contributed by atoms with Gasteiger partial charge in [-0.05, 0) is 68.5 Å². The van der Waals surface area contributed by atoms with Crippen molar-refractivity contribution in [3.05, 3.63) is 54.1 Å². The summed E-state index contributed by atoms with van der Waals surface area (Å²) < 4.78 is 38.8. The summed E-state index contributed by atoms with van der Waals surface area (Å²) in [5, 5.41) is 0. The number of para-hydroxylation sites is 1.